The summed E-state index contributed by atoms with van der Waals surface area (Å²) in [6.07, 6.45) is 1.36. The zero-order chi connectivity index (χ0) is 12.5. The molecule has 0 saturated heterocycles. The molecular weight excluding hydrogens is 252 g/mol. The molecule has 0 amide bonds. The molecule has 2 heterocycles. The normalized spacial score (nSPS) is 13.5. The highest BCUT2D eigenvalue weighted by atomic mass is 35.5. The second kappa shape index (κ2) is 4.27. The maximum Gasteiger partial charge on any atom is 0.245 e. The van der Waals surface area contributed by atoms with Crippen molar-refractivity contribution >= 4 is 28.8 Å². The molecule has 90 valence electrons. The fourth-order valence-corrected chi connectivity index (χ4v) is 1.81. The van der Waals surface area contributed by atoms with Crippen molar-refractivity contribution in [2.75, 3.05) is 12.3 Å². The van der Waals surface area contributed by atoms with Crippen LogP contribution in [0.15, 0.2) is 35.6 Å². The SMILES string of the molecule is Nc1ncnc2c1N=C(c1ccc(Cl)cc1)CO2. The van der Waals surface area contributed by atoms with E-state index in [4.69, 9.17) is 22.1 Å². The first-order chi connectivity index (χ1) is 8.74. The molecule has 0 unspecified atom stereocenters. The van der Waals surface area contributed by atoms with Gasteiger partial charge in [0.05, 0.1) is 5.71 Å². The Hall–Kier alpha value is -2.14. The van der Waals surface area contributed by atoms with Gasteiger partial charge in [0.15, 0.2) is 11.5 Å². The highest BCUT2D eigenvalue weighted by Crippen LogP contribution is 2.33. The quantitative estimate of drug-likeness (QED) is 0.853. The van der Waals surface area contributed by atoms with Gasteiger partial charge in [0.1, 0.15) is 12.9 Å². The lowest BCUT2D eigenvalue weighted by molar-refractivity contribution is 0.357. The predicted octanol–water partition coefficient (Wildman–Crippen LogP) is 2.23. The van der Waals surface area contributed by atoms with E-state index in [0.29, 0.717) is 29.0 Å². The number of fused-ring (bicyclic) bond motifs is 1. The van der Waals surface area contributed by atoms with Crippen LogP contribution in [-0.4, -0.2) is 22.3 Å². The molecule has 0 atom stereocenters. The molecular formula is C12H9ClN4O. The summed E-state index contributed by atoms with van der Waals surface area (Å²) in [6.45, 7) is 0.352. The number of nitrogens with two attached hydrogens (primary N) is 1. The standard InChI is InChI=1S/C12H9ClN4O/c13-8-3-1-7(2-4-8)9-5-18-12-10(17-9)11(14)15-6-16-12/h1-4,6H,5H2,(H2,14,15,16). The Kier molecular flexibility index (Phi) is 2.60. The number of benzene rings is 1. The lowest BCUT2D eigenvalue weighted by Gasteiger charge is -2.16. The minimum absolute atomic E-state index is 0.311. The number of aliphatic imine (C=N–C) groups is 1. The summed E-state index contributed by atoms with van der Waals surface area (Å²) >= 11 is 5.85. The van der Waals surface area contributed by atoms with Gasteiger partial charge in [-0.25, -0.2) is 9.98 Å². The zero-order valence-electron chi connectivity index (χ0n) is 9.30. The highest BCUT2D eigenvalue weighted by molar-refractivity contribution is 6.30. The van der Waals surface area contributed by atoms with Gasteiger partial charge in [-0.2, -0.15) is 4.98 Å². The summed E-state index contributed by atoms with van der Waals surface area (Å²) in [5.74, 6) is 0.728. The Bertz CT molecular complexity index is 624. The van der Waals surface area contributed by atoms with E-state index in [0.717, 1.165) is 11.3 Å². The summed E-state index contributed by atoms with van der Waals surface area (Å²) in [4.78, 5) is 12.3. The van der Waals surface area contributed by atoms with Crippen LogP contribution in [0.2, 0.25) is 5.02 Å². The van der Waals surface area contributed by atoms with Crippen molar-refractivity contribution in [1.29, 1.82) is 0 Å². The van der Waals surface area contributed by atoms with Gasteiger partial charge in [-0.05, 0) is 17.7 Å². The van der Waals surface area contributed by atoms with Gasteiger partial charge in [0.2, 0.25) is 5.88 Å². The van der Waals surface area contributed by atoms with E-state index in [1.165, 1.54) is 6.33 Å². The Morgan fingerprint density at radius 2 is 1.94 bits per heavy atom. The van der Waals surface area contributed by atoms with Crippen molar-refractivity contribution in [3.8, 4) is 5.88 Å². The molecule has 6 heteroatoms. The zero-order valence-corrected chi connectivity index (χ0v) is 10.1. The monoisotopic (exact) mass is 260 g/mol. The number of rotatable bonds is 1. The molecule has 1 aromatic heterocycles. The van der Waals surface area contributed by atoms with Gasteiger partial charge in [-0.3, -0.25) is 0 Å². The van der Waals surface area contributed by atoms with Crippen molar-refractivity contribution in [3.63, 3.8) is 0 Å². The molecule has 2 aromatic rings. The van der Waals surface area contributed by atoms with E-state index in [-0.39, 0.29) is 0 Å². The van der Waals surface area contributed by atoms with E-state index < -0.39 is 0 Å². The fraction of sp³-hybridized carbons (Fsp3) is 0.0833. The summed E-state index contributed by atoms with van der Waals surface area (Å²) in [5.41, 5.74) is 7.94. The van der Waals surface area contributed by atoms with E-state index in [9.17, 15) is 0 Å². The largest absolute Gasteiger partial charge is 0.469 e. The van der Waals surface area contributed by atoms with Crippen LogP contribution in [0, 0.1) is 0 Å². The van der Waals surface area contributed by atoms with Crippen molar-refractivity contribution in [2.45, 2.75) is 0 Å². The third-order valence-corrected chi connectivity index (χ3v) is 2.84. The Morgan fingerprint density at radius 1 is 1.17 bits per heavy atom. The third-order valence-electron chi connectivity index (χ3n) is 2.59. The maximum absolute atomic E-state index is 5.85. The number of aromatic nitrogens is 2. The number of nitrogens with zero attached hydrogens (tertiary/aromatic N) is 3. The molecule has 0 aliphatic carbocycles. The lowest BCUT2D eigenvalue weighted by Crippen LogP contribution is -2.17. The molecule has 0 bridgehead atoms. The molecule has 0 saturated carbocycles. The van der Waals surface area contributed by atoms with Crippen LogP contribution in [0.25, 0.3) is 0 Å². The molecule has 1 aliphatic rings. The molecule has 2 N–H and O–H groups in total. The highest BCUT2D eigenvalue weighted by Gasteiger charge is 2.18. The topological polar surface area (TPSA) is 73.4 Å². The van der Waals surface area contributed by atoms with Crippen LogP contribution < -0.4 is 10.5 Å². The second-order valence-electron chi connectivity index (χ2n) is 3.77. The van der Waals surface area contributed by atoms with Gasteiger partial charge in [-0.1, -0.05) is 23.7 Å². The van der Waals surface area contributed by atoms with E-state index in [1.807, 2.05) is 12.1 Å². The number of ether oxygens (including phenoxy) is 1. The van der Waals surface area contributed by atoms with Crippen molar-refractivity contribution < 1.29 is 4.74 Å². The second-order valence-corrected chi connectivity index (χ2v) is 4.20. The fourth-order valence-electron chi connectivity index (χ4n) is 1.68. The first-order valence-electron chi connectivity index (χ1n) is 5.31. The van der Waals surface area contributed by atoms with Crippen molar-refractivity contribution in [1.82, 2.24) is 9.97 Å². The van der Waals surface area contributed by atoms with E-state index in [2.05, 4.69) is 15.0 Å². The summed E-state index contributed by atoms with van der Waals surface area (Å²) < 4.78 is 5.51. The van der Waals surface area contributed by atoms with Crippen LogP contribution in [0.4, 0.5) is 11.5 Å². The molecule has 18 heavy (non-hydrogen) atoms. The van der Waals surface area contributed by atoms with Gasteiger partial charge in [-0.15, -0.1) is 0 Å². The number of hydrogen-bond donors (Lipinski definition) is 1. The molecule has 1 aliphatic heterocycles. The average Bonchev–Trinajstić information content (AvgIpc) is 2.40. The van der Waals surface area contributed by atoms with Gasteiger partial charge in [0.25, 0.3) is 0 Å². The third kappa shape index (κ3) is 1.89. The molecule has 1 aromatic carbocycles. The predicted molar refractivity (Wildman–Crippen MR) is 69.6 cm³/mol. The van der Waals surface area contributed by atoms with E-state index in [1.54, 1.807) is 12.1 Å². The summed E-state index contributed by atoms with van der Waals surface area (Å²) in [6, 6.07) is 7.38. The molecule has 0 fully saturated rings. The molecule has 0 radical (unpaired) electrons. The first kappa shape index (κ1) is 11.0. The van der Waals surface area contributed by atoms with Crippen LogP contribution in [0.3, 0.4) is 0 Å². The average molecular weight is 261 g/mol. The van der Waals surface area contributed by atoms with Crippen molar-refractivity contribution in [2.24, 2.45) is 4.99 Å². The number of halogens is 1. The van der Waals surface area contributed by atoms with Gasteiger partial charge in [0, 0.05) is 5.02 Å². The minimum Gasteiger partial charge on any atom is -0.469 e. The summed E-state index contributed by atoms with van der Waals surface area (Å²) in [5, 5.41) is 0.680. The Balaban J connectivity index is 2.05. The molecule has 5 nitrogen and oxygen atoms in total. The number of hydrogen-bond acceptors (Lipinski definition) is 5. The van der Waals surface area contributed by atoms with Crippen LogP contribution >= 0.6 is 11.6 Å². The summed E-state index contributed by atoms with van der Waals surface area (Å²) in [7, 11) is 0. The van der Waals surface area contributed by atoms with Crippen molar-refractivity contribution in [3.05, 3.63) is 41.2 Å². The van der Waals surface area contributed by atoms with Gasteiger partial charge >= 0.3 is 0 Å². The van der Waals surface area contributed by atoms with Gasteiger partial charge < -0.3 is 10.5 Å². The van der Waals surface area contributed by atoms with Crippen LogP contribution in [0.1, 0.15) is 5.56 Å². The molecule has 3 rings (SSSR count). The smallest absolute Gasteiger partial charge is 0.245 e. The minimum atomic E-state index is 0.311. The van der Waals surface area contributed by atoms with E-state index >= 15 is 0 Å². The first-order valence-corrected chi connectivity index (χ1v) is 5.68. The van der Waals surface area contributed by atoms with Crippen LogP contribution in [-0.2, 0) is 0 Å². The Labute approximate surface area is 108 Å². The maximum atomic E-state index is 5.85. The van der Waals surface area contributed by atoms with Crippen LogP contribution in [0.5, 0.6) is 5.88 Å². The number of nitrogen functional groups attached to an aromatic ring is 1. The lowest BCUT2D eigenvalue weighted by atomic mass is 10.1. The molecule has 0 spiro atoms. The Morgan fingerprint density at radius 3 is 2.72 bits per heavy atom. The number of anilines is 1.